The SMILES string of the molecule is CC(C)(C)OC(=O)N1[C@]2(F)CC[C@@]1(F)[C@@H](CO[Si](C)(C)C(C)(C)C)N(Cc1ccccc1)C2. The maximum atomic E-state index is 16.8. The van der Waals surface area contributed by atoms with Crippen molar-refractivity contribution >= 4 is 14.4 Å². The molecule has 2 bridgehead atoms. The highest BCUT2D eigenvalue weighted by molar-refractivity contribution is 6.74. The number of likely N-dealkylation sites (tertiary alicyclic amines) is 1. The third-order valence-corrected chi connectivity index (χ3v) is 11.7. The summed E-state index contributed by atoms with van der Waals surface area (Å²) in [5, 5.41) is -0.0558. The van der Waals surface area contributed by atoms with Crippen LogP contribution in [0.25, 0.3) is 0 Å². The summed E-state index contributed by atoms with van der Waals surface area (Å²) in [6, 6.07) is 8.84. The van der Waals surface area contributed by atoms with Crippen molar-refractivity contribution in [3.63, 3.8) is 0 Å². The number of carbonyl (C=O) groups excluding carboxylic acids is 1. The molecule has 8 heteroatoms. The average molecular weight is 483 g/mol. The van der Waals surface area contributed by atoms with Crippen molar-refractivity contribution in [1.29, 1.82) is 0 Å². The molecule has 3 rings (SSSR count). The Bertz CT molecular complexity index is 855. The summed E-state index contributed by atoms with van der Waals surface area (Å²) in [5.41, 5.74) is 0.115. The highest BCUT2D eigenvalue weighted by Gasteiger charge is 2.68. The molecule has 5 nitrogen and oxygen atoms in total. The number of carbonyl (C=O) groups is 1. The van der Waals surface area contributed by atoms with Crippen LogP contribution in [0.4, 0.5) is 13.6 Å². The summed E-state index contributed by atoms with van der Waals surface area (Å²) < 4.78 is 44.9. The molecular weight excluding hydrogens is 442 g/mol. The van der Waals surface area contributed by atoms with E-state index >= 15 is 8.78 Å². The second kappa shape index (κ2) is 8.61. The first-order valence-corrected chi connectivity index (χ1v) is 14.7. The molecule has 0 aliphatic carbocycles. The predicted molar refractivity (Wildman–Crippen MR) is 129 cm³/mol. The predicted octanol–water partition coefficient (Wildman–Crippen LogP) is 6.26. The first-order valence-electron chi connectivity index (χ1n) is 11.8. The first-order chi connectivity index (χ1) is 15.0. The second-order valence-electron chi connectivity index (χ2n) is 12.0. The second-order valence-corrected chi connectivity index (χ2v) is 16.8. The highest BCUT2D eigenvalue weighted by atomic mass is 28.4. The molecule has 2 aliphatic rings. The lowest BCUT2D eigenvalue weighted by Crippen LogP contribution is -2.71. The molecule has 2 saturated heterocycles. The maximum absolute atomic E-state index is 16.8. The van der Waals surface area contributed by atoms with Gasteiger partial charge in [0, 0.05) is 19.4 Å². The standard InChI is InChI=1S/C25H40F2N2O3Si/c1-22(2,3)32-21(30)29-24(26)14-15-25(29,27)20(17-31-33(7,8)23(4,5)6)28(18-24)16-19-12-10-9-11-13-19/h9-13,20H,14-18H2,1-8H3/t20-,24-,25+/m1/s1. The summed E-state index contributed by atoms with van der Waals surface area (Å²) in [4.78, 5) is 15.6. The fourth-order valence-electron chi connectivity index (χ4n) is 4.43. The molecule has 0 spiro atoms. The number of amides is 1. The minimum atomic E-state index is -2.22. The van der Waals surface area contributed by atoms with Crippen molar-refractivity contribution in [2.75, 3.05) is 13.2 Å². The molecule has 186 valence electrons. The fourth-order valence-corrected chi connectivity index (χ4v) is 5.44. The van der Waals surface area contributed by atoms with Crippen LogP contribution in [-0.4, -0.2) is 60.6 Å². The zero-order valence-electron chi connectivity index (χ0n) is 21.4. The van der Waals surface area contributed by atoms with Gasteiger partial charge in [0.25, 0.3) is 0 Å². The van der Waals surface area contributed by atoms with Gasteiger partial charge in [0.1, 0.15) is 5.60 Å². The zero-order valence-corrected chi connectivity index (χ0v) is 22.4. The van der Waals surface area contributed by atoms with Crippen LogP contribution in [0.5, 0.6) is 0 Å². The van der Waals surface area contributed by atoms with Gasteiger partial charge in [0.05, 0.1) is 19.2 Å². The van der Waals surface area contributed by atoms with Crippen molar-refractivity contribution in [3.8, 4) is 0 Å². The lowest BCUT2D eigenvalue weighted by molar-refractivity contribution is -0.192. The topological polar surface area (TPSA) is 42.0 Å². The lowest BCUT2D eigenvalue weighted by atomic mass is 9.99. The molecule has 0 aromatic heterocycles. The summed E-state index contributed by atoms with van der Waals surface area (Å²) in [6.45, 7) is 16.1. The number of piperazine rings is 1. The van der Waals surface area contributed by atoms with Crippen LogP contribution in [0.2, 0.25) is 18.1 Å². The molecule has 2 fully saturated rings. The maximum Gasteiger partial charge on any atom is 0.415 e. The van der Waals surface area contributed by atoms with Crippen molar-refractivity contribution in [2.24, 2.45) is 0 Å². The number of benzene rings is 1. The Kier molecular flexibility index (Phi) is 6.81. The number of fused-ring (bicyclic) bond motifs is 2. The molecule has 1 aromatic rings. The fraction of sp³-hybridized carbons (Fsp3) is 0.720. The number of ether oxygens (including phenoxy) is 1. The van der Waals surface area contributed by atoms with E-state index in [0.29, 0.717) is 6.54 Å². The van der Waals surface area contributed by atoms with E-state index in [1.807, 2.05) is 35.2 Å². The van der Waals surface area contributed by atoms with Crippen LogP contribution in [0.3, 0.4) is 0 Å². The minimum absolute atomic E-state index is 0.0558. The number of halogens is 2. The third-order valence-electron chi connectivity index (χ3n) is 7.24. The number of rotatable bonds is 5. The van der Waals surface area contributed by atoms with Gasteiger partial charge in [-0.1, -0.05) is 51.1 Å². The minimum Gasteiger partial charge on any atom is -0.444 e. The highest BCUT2D eigenvalue weighted by Crippen LogP contribution is 2.52. The van der Waals surface area contributed by atoms with Gasteiger partial charge in [-0.2, -0.15) is 0 Å². The Balaban J connectivity index is 1.96. The Morgan fingerprint density at radius 2 is 1.70 bits per heavy atom. The van der Waals surface area contributed by atoms with Crippen molar-refractivity contribution in [2.45, 2.75) is 102 Å². The molecule has 33 heavy (non-hydrogen) atoms. The van der Waals surface area contributed by atoms with Crippen LogP contribution in [0.15, 0.2) is 30.3 Å². The van der Waals surface area contributed by atoms with Crippen LogP contribution in [-0.2, 0) is 15.7 Å². The Morgan fingerprint density at radius 3 is 2.24 bits per heavy atom. The molecular formula is C25H40F2N2O3Si. The summed E-state index contributed by atoms with van der Waals surface area (Å²) >= 11 is 0. The van der Waals surface area contributed by atoms with Gasteiger partial charge in [-0.3, -0.25) is 4.90 Å². The van der Waals surface area contributed by atoms with Crippen LogP contribution < -0.4 is 0 Å². The van der Waals surface area contributed by atoms with Gasteiger partial charge in [-0.25, -0.2) is 18.5 Å². The molecule has 0 saturated carbocycles. The van der Waals surface area contributed by atoms with Gasteiger partial charge < -0.3 is 9.16 Å². The number of nitrogens with zero attached hydrogens (tertiary/aromatic N) is 2. The molecule has 0 radical (unpaired) electrons. The van der Waals surface area contributed by atoms with Gasteiger partial charge in [-0.15, -0.1) is 0 Å². The summed E-state index contributed by atoms with van der Waals surface area (Å²) in [6.07, 6.45) is -1.09. The van der Waals surface area contributed by atoms with Gasteiger partial charge in [0.2, 0.25) is 11.6 Å². The first kappa shape index (κ1) is 26.1. The van der Waals surface area contributed by atoms with Crippen LogP contribution >= 0.6 is 0 Å². The monoisotopic (exact) mass is 482 g/mol. The quantitative estimate of drug-likeness (QED) is 0.367. The van der Waals surface area contributed by atoms with Crippen LogP contribution in [0, 0.1) is 0 Å². The molecule has 1 aromatic carbocycles. The van der Waals surface area contributed by atoms with Gasteiger partial charge >= 0.3 is 6.09 Å². The molecule has 3 atom stereocenters. The smallest absolute Gasteiger partial charge is 0.415 e. The molecule has 0 N–H and O–H groups in total. The largest absolute Gasteiger partial charge is 0.444 e. The Morgan fingerprint density at radius 1 is 1.09 bits per heavy atom. The molecule has 0 unspecified atom stereocenters. The number of hydrogen-bond acceptors (Lipinski definition) is 4. The van der Waals surface area contributed by atoms with Crippen molar-refractivity contribution in [1.82, 2.24) is 9.80 Å². The van der Waals surface area contributed by atoms with E-state index < -0.39 is 37.6 Å². The number of hydrogen-bond donors (Lipinski definition) is 0. The molecule has 1 amide bonds. The van der Waals surface area contributed by atoms with E-state index in [2.05, 4.69) is 33.9 Å². The normalized spacial score (nSPS) is 28.8. The molecule has 2 aliphatic heterocycles. The third kappa shape index (κ3) is 5.27. The average Bonchev–Trinajstić information content (AvgIpc) is 2.85. The summed E-state index contributed by atoms with van der Waals surface area (Å²) in [7, 11) is -2.20. The van der Waals surface area contributed by atoms with E-state index in [1.165, 1.54) is 0 Å². The molecule has 2 heterocycles. The van der Waals surface area contributed by atoms with Crippen molar-refractivity contribution < 1.29 is 22.7 Å². The van der Waals surface area contributed by atoms with E-state index in [1.54, 1.807) is 20.8 Å². The Hall–Kier alpha value is -1.51. The van der Waals surface area contributed by atoms with E-state index in [9.17, 15) is 4.79 Å². The zero-order chi connectivity index (χ0) is 24.9. The van der Waals surface area contributed by atoms with Gasteiger partial charge in [0.15, 0.2) is 8.32 Å². The van der Waals surface area contributed by atoms with E-state index in [4.69, 9.17) is 9.16 Å². The van der Waals surface area contributed by atoms with E-state index in [0.717, 1.165) is 10.5 Å². The van der Waals surface area contributed by atoms with Crippen LogP contribution in [0.1, 0.15) is 59.9 Å². The lowest BCUT2D eigenvalue weighted by Gasteiger charge is -2.52. The van der Waals surface area contributed by atoms with Crippen molar-refractivity contribution in [3.05, 3.63) is 35.9 Å². The Labute approximate surface area is 198 Å². The van der Waals surface area contributed by atoms with E-state index in [-0.39, 0.29) is 31.0 Å². The summed E-state index contributed by atoms with van der Waals surface area (Å²) in [5.74, 6) is -4.34. The number of alkyl halides is 2. The van der Waals surface area contributed by atoms with Gasteiger partial charge in [-0.05, 0) is 44.5 Å².